The second-order valence-electron chi connectivity index (χ2n) is 5.39. The molecule has 0 aromatic heterocycles. The van der Waals surface area contributed by atoms with Gasteiger partial charge in [-0.25, -0.2) is 0 Å². The Kier molecular flexibility index (Phi) is 4.84. The first-order chi connectivity index (χ1) is 11.2. The molecule has 0 radical (unpaired) electrons. The Hall–Kier alpha value is -2.45. The predicted octanol–water partition coefficient (Wildman–Crippen LogP) is 5.28. The zero-order valence-electron chi connectivity index (χ0n) is 12.8. The van der Waals surface area contributed by atoms with Gasteiger partial charge >= 0.3 is 0 Å². The summed E-state index contributed by atoms with van der Waals surface area (Å²) in [6, 6.07) is 18.0. The van der Waals surface area contributed by atoms with Gasteiger partial charge in [-0.1, -0.05) is 60.6 Å². The standard InChI is InChI=1S/C20H18ClNO/c1-16-12-20(23-15-18-8-5-9-19(21)13-18)10-11-22(16)14-17-6-3-2-4-7-17/h2-13H,1,14-15H2. The predicted molar refractivity (Wildman–Crippen MR) is 94.6 cm³/mol. The molecule has 2 nitrogen and oxygen atoms in total. The van der Waals surface area contributed by atoms with E-state index in [9.17, 15) is 0 Å². The first kappa shape index (κ1) is 15.4. The van der Waals surface area contributed by atoms with Gasteiger partial charge in [-0.05, 0) is 29.3 Å². The molecule has 2 aromatic carbocycles. The van der Waals surface area contributed by atoms with Crippen LogP contribution in [0.1, 0.15) is 11.1 Å². The summed E-state index contributed by atoms with van der Waals surface area (Å²) in [6.45, 7) is 5.40. The van der Waals surface area contributed by atoms with Crippen LogP contribution in [0.5, 0.6) is 0 Å². The third kappa shape index (κ3) is 4.27. The molecule has 0 amide bonds. The molecule has 116 valence electrons. The molecular weight excluding hydrogens is 306 g/mol. The summed E-state index contributed by atoms with van der Waals surface area (Å²) < 4.78 is 5.82. The van der Waals surface area contributed by atoms with Crippen LogP contribution in [0.2, 0.25) is 5.02 Å². The van der Waals surface area contributed by atoms with E-state index in [0.717, 1.165) is 28.6 Å². The molecule has 0 saturated carbocycles. The van der Waals surface area contributed by atoms with Crippen LogP contribution >= 0.6 is 11.6 Å². The monoisotopic (exact) mass is 323 g/mol. The van der Waals surface area contributed by atoms with E-state index in [1.165, 1.54) is 5.56 Å². The van der Waals surface area contributed by atoms with Crippen LogP contribution in [-0.4, -0.2) is 4.90 Å². The second-order valence-corrected chi connectivity index (χ2v) is 5.82. The van der Waals surface area contributed by atoms with Gasteiger partial charge in [0.25, 0.3) is 0 Å². The van der Waals surface area contributed by atoms with Crippen molar-refractivity contribution in [3.05, 3.63) is 107 Å². The fourth-order valence-electron chi connectivity index (χ4n) is 2.37. The van der Waals surface area contributed by atoms with Crippen molar-refractivity contribution >= 4 is 11.6 Å². The maximum Gasteiger partial charge on any atom is 0.123 e. The number of rotatable bonds is 5. The fraction of sp³-hybridized carbons (Fsp3) is 0.100. The van der Waals surface area contributed by atoms with Gasteiger partial charge in [0, 0.05) is 29.5 Å². The van der Waals surface area contributed by atoms with Crippen LogP contribution in [0.4, 0.5) is 0 Å². The van der Waals surface area contributed by atoms with Crippen molar-refractivity contribution < 1.29 is 4.74 Å². The molecule has 0 saturated heterocycles. The normalized spacial score (nSPS) is 13.9. The minimum absolute atomic E-state index is 0.489. The van der Waals surface area contributed by atoms with E-state index in [1.54, 1.807) is 0 Å². The van der Waals surface area contributed by atoms with Gasteiger partial charge in [0.1, 0.15) is 12.4 Å². The van der Waals surface area contributed by atoms with Crippen LogP contribution < -0.4 is 0 Å². The van der Waals surface area contributed by atoms with Crippen molar-refractivity contribution in [3.8, 4) is 0 Å². The lowest BCUT2D eigenvalue weighted by Gasteiger charge is -2.25. The van der Waals surface area contributed by atoms with Crippen molar-refractivity contribution in [2.24, 2.45) is 0 Å². The SMILES string of the molecule is C=C1C=C(OCc2cccc(Cl)c2)C=CN1Cc1ccccc1. The highest BCUT2D eigenvalue weighted by molar-refractivity contribution is 6.30. The number of hydrogen-bond acceptors (Lipinski definition) is 2. The van der Waals surface area contributed by atoms with Crippen LogP contribution in [0.25, 0.3) is 0 Å². The van der Waals surface area contributed by atoms with E-state index in [2.05, 4.69) is 23.6 Å². The highest BCUT2D eigenvalue weighted by atomic mass is 35.5. The second kappa shape index (κ2) is 7.21. The van der Waals surface area contributed by atoms with Gasteiger partial charge in [0.05, 0.1) is 0 Å². The van der Waals surface area contributed by atoms with E-state index in [4.69, 9.17) is 16.3 Å². The van der Waals surface area contributed by atoms with Gasteiger partial charge in [0.15, 0.2) is 0 Å². The smallest absolute Gasteiger partial charge is 0.123 e. The molecule has 2 aromatic rings. The van der Waals surface area contributed by atoms with E-state index in [1.807, 2.05) is 60.8 Å². The van der Waals surface area contributed by atoms with Crippen LogP contribution in [0, 0.1) is 0 Å². The third-order valence-corrected chi connectivity index (χ3v) is 3.82. The lowest BCUT2D eigenvalue weighted by molar-refractivity contribution is 0.207. The Labute approximate surface area is 142 Å². The molecule has 0 aliphatic carbocycles. The molecule has 23 heavy (non-hydrogen) atoms. The summed E-state index contributed by atoms with van der Waals surface area (Å²) in [7, 11) is 0. The number of ether oxygens (including phenoxy) is 1. The average molecular weight is 324 g/mol. The first-order valence-electron chi connectivity index (χ1n) is 7.47. The van der Waals surface area contributed by atoms with Crippen LogP contribution in [-0.2, 0) is 17.9 Å². The van der Waals surface area contributed by atoms with Crippen molar-refractivity contribution in [1.82, 2.24) is 4.90 Å². The molecule has 0 spiro atoms. The Bertz CT molecular complexity index is 749. The van der Waals surface area contributed by atoms with Crippen molar-refractivity contribution in [2.75, 3.05) is 0 Å². The summed E-state index contributed by atoms with van der Waals surface area (Å²) in [5.74, 6) is 0.805. The highest BCUT2D eigenvalue weighted by Crippen LogP contribution is 2.21. The molecule has 1 heterocycles. The maximum atomic E-state index is 5.98. The summed E-state index contributed by atoms with van der Waals surface area (Å²) in [5.41, 5.74) is 3.21. The molecule has 3 heteroatoms. The number of hydrogen-bond donors (Lipinski definition) is 0. The van der Waals surface area contributed by atoms with Crippen LogP contribution in [0.15, 0.2) is 91.0 Å². The molecule has 1 aliphatic heterocycles. The fourth-order valence-corrected chi connectivity index (χ4v) is 2.58. The summed E-state index contributed by atoms with van der Waals surface area (Å²) >= 11 is 5.98. The Morgan fingerprint density at radius 2 is 1.78 bits per heavy atom. The maximum absolute atomic E-state index is 5.98. The molecule has 0 atom stereocenters. The molecule has 3 rings (SSSR count). The van der Waals surface area contributed by atoms with Gasteiger partial charge in [0.2, 0.25) is 0 Å². The topological polar surface area (TPSA) is 12.5 Å². The van der Waals surface area contributed by atoms with E-state index < -0.39 is 0 Å². The van der Waals surface area contributed by atoms with Crippen LogP contribution in [0.3, 0.4) is 0 Å². The Balaban J connectivity index is 1.58. The molecule has 0 bridgehead atoms. The number of allylic oxidation sites excluding steroid dienone is 2. The number of benzene rings is 2. The van der Waals surface area contributed by atoms with Crippen molar-refractivity contribution in [2.45, 2.75) is 13.2 Å². The average Bonchev–Trinajstić information content (AvgIpc) is 2.56. The Morgan fingerprint density at radius 1 is 1.00 bits per heavy atom. The quantitative estimate of drug-likeness (QED) is 0.742. The third-order valence-electron chi connectivity index (χ3n) is 3.59. The highest BCUT2D eigenvalue weighted by Gasteiger charge is 2.10. The zero-order chi connectivity index (χ0) is 16.1. The summed E-state index contributed by atoms with van der Waals surface area (Å²) in [4.78, 5) is 2.10. The largest absolute Gasteiger partial charge is 0.489 e. The lowest BCUT2D eigenvalue weighted by atomic mass is 10.2. The molecule has 1 aliphatic rings. The van der Waals surface area contributed by atoms with Crippen molar-refractivity contribution in [3.63, 3.8) is 0 Å². The van der Waals surface area contributed by atoms with E-state index in [-0.39, 0.29) is 0 Å². The van der Waals surface area contributed by atoms with Crippen molar-refractivity contribution in [1.29, 1.82) is 0 Å². The van der Waals surface area contributed by atoms with Gasteiger partial charge < -0.3 is 9.64 Å². The minimum atomic E-state index is 0.489. The van der Waals surface area contributed by atoms with E-state index in [0.29, 0.717) is 6.61 Å². The minimum Gasteiger partial charge on any atom is -0.489 e. The Morgan fingerprint density at radius 3 is 2.52 bits per heavy atom. The lowest BCUT2D eigenvalue weighted by Crippen LogP contribution is -2.17. The summed E-state index contributed by atoms with van der Waals surface area (Å²) in [5, 5.41) is 0.720. The first-order valence-corrected chi connectivity index (χ1v) is 7.85. The molecule has 0 unspecified atom stereocenters. The molecule has 0 N–H and O–H groups in total. The van der Waals surface area contributed by atoms with Gasteiger partial charge in [-0.15, -0.1) is 0 Å². The number of nitrogens with zero attached hydrogens (tertiary/aromatic N) is 1. The summed E-state index contributed by atoms with van der Waals surface area (Å²) in [6.07, 6.45) is 5.91. The number of halogens is 1. The zero-order valence-corrected chi connectivity index (χ0v) is 13.5. The van der Waals surface area contributed by atoms with Gasteiger partial charge in [-0.3, -0.25) is 0 Å². The molecular formula is C20H18ClNO. The molecule has 0 fully saturated rings. The van der Waals surface area contributed by atoms with E-state index >= 15 is 0 Å². The van der Waals surface area contributed by atoms with Gasteiger partial charge in [-0.2, -0.15) is 0 Å².